The predicted octanol–water partition coefficient (Wildman–Crippen LogP) is 5.57. The lowest BCUT2D eigenvalue weighted by Gasteiger charge is -2.14. The first kappa shape index (κ1) is 41.5. The Labute approximate surface area is 264 Å². The van der Waals surface area contributed by atoms with Crippen molar-refractivity contribution in [2.75, 3.05) is 33.5 Å². The van der Waals surface area contributed by atoms with Gasteiger partial charge in [-0.25, -0.2) is 4.79 Å². The monoisotopic (exact) mass is 628 g/mol. The third kappa shape index (κ3) is 29.5. The first-order valence-electron chi connectivity index (χ1n) is 16.9. The minimum atomic E-state index is -1.13. The van der Waals surface area contributed by atoms with Crippen LogP contribution in [0, 0.1) is 0 Å². The van der Waals surface area contributed by atoms with E-state index in [0.717, 1.165) is 44.9 Å². The molecule has 0 saturated carbocycles. The minimum Gasteiger partial charge on any atom is -0.481 e. The zero-order valence-corrected chi connectivity index (χ0v) is 27.2. The molecule has 11 heteroatoms. The number of carbonyl (C=O) groups excluding carboxylic acids is 3. The molecule has 0 aliphatic heterocycles. The van der Waals surface area contributed by atoms with Crippen LogP contribution in [-0.2, 0) is 33.4 Å². The minimum absolute atomic E-state index is 0.0231. The summed E-state index contributed by atoms with van der Waals surface area (Å²) in [5, 5.41) is 23.1. The molecule has 0 unspecified atom stereocenters. The molecule has 256 valence electrons. The van der Waals surface area contributed by atoms with Crippen LogP contribution in [0.1, 0.15) is 141 Å². The van der Waals surface area contributed by atoms with Crippen LogP contribution in [-0.4, -0.2) is 79.3 Å². The molecule has 0 aromatic heterocycles. The highest BCUT2D eigenvalue weighted by molar-refractivity contribution is 5.84. The second kappa shape index (κ2) is 30.5. The molecule has 1 atom stereocenters. The molecule has 0 aromatic carbocycles. The van der Waals surface area contributed by atoms with Crippen molar-refractivity contribution in [3.63, 3.8) is 0 Å². The number of hydrogen-bond acceptors (Lipinski definition) is 7. The van der Waals surface area contributed by atoms with E-state index in [1.807, 2.05) is 0 Å². The summed E-state index contributed by atoms with van der Waals surface area (Å²) >= 11 is 0. The number of hydrogen-bond donors (Lipinski definition) is 4. The van der Waals surface area contributed by atoms with Crippen molar-refractivity contribution >= 4 is 29.5 Å². The van der Waals surface area contributed by atoms with Crippen LogP contribution in [0.25, 0.3) is 0 Å². The van der Waals surface area contributed by atoms with Gasteiger partial charge in [-0.15, -0.1) is 0 Å². The number of carbonyl (C=O) groups is 5. The molecule has 0 spiro atoms. The quantitative estimate of drug-likeness (QED) is 0.0679. The van der Waals surface area contributed by atoms with Gasteiger partial charge >= 0.3 is 11.9 Å². The molecule has 0 saturated heterocycles. The second-order valence-corrected chi connectivity index (χ2v) is 11.5. The molecule has 0 heterocycles. The van der Waals surface area contributed by atoms with Gasteiger partial charge in [0.25, 0.3) is 0 Å². The van der Waals surface area contributed by atoms with E-state index in [-0.39, 0.29) is 50.1 Å². The molecule has 0 rings (SSSR count). The first-order valence-corrected chi connectivity index (χ1v) is 16.9. The Hall–Kier alpha value is -2.53. The highest BCUT2D eigenvalue weighted by atomic mass is 16.5. The van der Waals surface area contributed by atoms with Crippen LogP contribution in [0.2, 0.25) is 0 Å². The van der Waals surface area contributed by atoms with Crippen LogP contribution >= 0.6 is 0 Å². The smallest absolute Gasteiger partial charge is 0.326 e. The van der Waals surface area contributed by atoms with Crippen LogP contribution in [0.5, 0.6) is 0 Å². The SMILES string of the molecule is CNC(=O)COCCOCCCC(=O)CC[C@H](NC(=O)CCCCCCCCCCCCCCCCCCC(=O)O)C(=O)O. The van der Waals surface area contributed by atoms with Crippen molar-refractivity contribution in [3.8, 4) is 0 Å². The van der Waals surface area contributed by atoms with Gasteiger partial charge in [-0.3, -0.25) is 19.2 Å². The van der Waals surface area contributed by atoms with Gasteiger partial charge in [0, 0.05) is 39.3 Å². The summed E-state index contributed by atoms with van der Waals surface area (Å²) in [7, 11) is 1.53. The van der Waals surface area contributed by atoms with Crippen molar-refractivity contribution in [3.05, 3.63) is 0 Å². The van der Waals surface area contributed by atoms with Crippen LogP contribution < -0.4 is 10.6 Å². The van der Waals surface area contributed by atoms with Crippen molar-refractivity contribution in [2.24, 2.45) is 0 Å². The first-order chi connectivity index (χ1) is 21.3. The maximum atomic E-state index is 12.2. The van der Waals surface area contributed by atoms with E-state index < -0.39 is 18.0 Å². The lowest BCUT2D eigenvalue weighted by molar-refractivity contribution is -0.142. The van der Waals surface area contributed by atoms with Gasteiger partial charge in [0.15, 0.2) is 0 Å². The summed E-state index contributed by atoms with van der Waals surface area (Å²) in [6.45, 7) is 0.952. The van der Waals surface area contributed by atoms with Gasteiger partial charge in [0.05, 0.1) is 13.2 Å². The molecule has 0 aliphatic carbocycles. The van der Waals surface area contributed by atoms with E-state index in [9.17, 15) is 29.1 Å². The highest BCUT2D eigenvalue weighted by Gasteiger charge is 2.20. The van der Waals surface area contributed by atoms with Gasteiger partial charge < -0.3 is 30.3 Å². The molecule has 0 radical (unpaired) electrons. The summed E-state index contributed by atoms with van der Waals surface area (Å²) in [5.41, 5.74) is 0. The molecule has 0 aromatic rings. The average molecular weight is 629 g/mol. The summed E-state index contributed by atoms with van der Waals surface area (Å²) in [5.74, 6) is -2.38. The Balaban J connectivity index is 3.62. The predicted molar refractivity (Wildman–Crippen MR) is 169 cm³/mol. The number of unbranched alkanes of at least 4 members (excludes halogenated alkanes) is 15. The Morgan fingerprint density at radius 2 is 1.02 bits per heavy atom. The third-order valence-electron chi connectivity index (χ3n) is 7.52. The molecular weight excluding hydrogens is 568 g/mol. The number of Topliss-reactive ketones (excluding diaryl/α,β-unsaturated/α-hetero) is 1. The van der Waals surface area contributed by atoms with Crippen LogP contribution in [0.3, 0.4) is 0 Å². The highest BCUT2D eigenvalue weighted by Crippen LogP contribution is 2.14. The number of ether oxygens (including phenoxy) is 2. The Kier molecular flexibility index (Phi) is 28.7. The van der Waals surface area contributed by atoms with Crippen molar-refractivity contribution < 1.29 is 43.7 Å². The zero-order valence-electron chi connectivity index (χ0n) is 27.2. The normalized spacial score (nSPS) is 11.7. The van der Waals surface area contributed by atoms with Gasteiger partial charge in [-0.05, 0) is 25.7 Å². The molecule has 4 N–H and O–H groups in total. The van der Waals surface area contributed by atoms with E-state index in [1.165, 1.54) is 64.8 Å². The standard InChI is InChI=1S/C33H60N2O9/c1-34-31(38)27-44-26-25-43-24-18-19-28(36)22-23-29(33(41)42)35-30(37)20-16-14-12-10-8-6-4-2-3-5-7-9-11-13-15-17-21-32(39)40/h29H,2-27H2,1H3,(H,34,38)(H,35,37)(H,39,40)(H,41,42)/t29-/m0/s1. The summed E-state index contributed by atoms with van der Waals surface area (Å²) in [6, 6.07) is -1.06. The van der Waals surface area contributed by atoms with Gasteiger partial charge in [0.1, 0.15) is 18.4 Å². The van der Waals surface area contributed by atoms with Crippen molar-refractivity contribution in [1.29, 1.82) is 0 Å². The van der Waals surface area contributed by atoms with E-state index in [1.54, 1.807) is 0 Å². The summed E-state index contributed by atoms with van der Waals surface area (Å²) in [6.07, 6.45) is 19.7. The molecular formula is C33H60N2O9. The molecule has 2 amide bonds. The summed E-state index contributed by atoms with van der Waals surface area (Å²) < 4.78 is 10.5. The third-order valence-corrected chi connectivity index (χ3v) is 7.52. The van der Waals surface area contributed by atoms with E-state index >= 15 is 0 Å². The fourth-order valence-electron chi connectivity index (χ4n) is 4.82. The molecule has 0 aliphatic rings. The number of ketones is 1. The molecule has 0 bridgehead atoms. The molecule has 0 fully saturated rings. The van der Waals surface area contributed by atoms with Gasteiger partial charge in [-0.2, -0.15) is 0 Å². The number of carboxylic acids is 2. The van der Waals surface area contributed by atoms with E-state index in [2.05, 4.69) is 10.6 Å². The maximum Gasteiger partial charge on any atom is 0.326 e. The zero-order chi connectivity index (χ0) is 32.7. The fraction of sp³-hybridized carbons (Fsp3) is 0.848. The number of likely N-dealkylation sites (N-methyl/N-ethyl adjacent to an activating group) is 1. The Bertz CT molecular complexity index is 776. The largest absolute Gasteiger partial charge is 0.481 e. The number of rotatable bonds is 33. The average Bonchev–Trinajstić information content (AvgIpc) is 2.99. The summed E-state index contributed by atoms with van der Waals surface area (Å²) in [4.78, 5) is 57.4. The van der Waals surface area contributed by atoms with Crippen LogP contribution in [0.15, 0.2) is 0 Å². The number of amides is 2. The number of carboxylic acid groups (broad SMARTS) is 2. The van der Waals surface area contributed by atoms with Crippen LogP contribution in [0.4, 0.5) is 0 Å². The van der Waals surface area contributed by atoms with Gasteiger partial charge in [-0.1, -0.05) is 89.9 Å². The molecule has 44 heavy (non-hydrogen) atoms. The van der Waals surface area contributed by atoms with Gasteiger partial charge in [0.2, 0.25) is 11.8 Å². The van der Waals surface area contributed by atoms with E-state index in [0.29, 0.717) is 32.5 Å². The number of nitrogens with one attached hydrogen (secondary N) is 2. The fourth-order valence-corrected chi connectivity index (χ4v) is 4.82. The van der Waals surface area contributed by atoms with Crippen molar-refractivity contribution in [2.45, 2.75) is 147 Å². The second-order valence-electron chi connectivity index (χ2n) is 11.5. The number of aliphatic carboxylic acids is 2. The topological polar surface area (TPSA) is 168 Å². The lowest BCUT2D eigenvalue weighted by Crippen LogP contribution is -2.41. The van der Waals surface area contributed by atoms with E-state index in [4.69, 9.17) is 14.6 Å². The molecule has 11 nitrogen and oxygen atoms in total. The van der Waals surface area contributed by atoms with Crippen molar-refractivity contribution in [1.82, 2.24) is 10.6 Å². The Morgan fingerprint density at radius 1 is 0.545 bits per heavy atom. The maximum absolute atomic E-state index is 12.2. The Morgan fingerprint density at radius 3 is 1.50 bits per heavy atom. The lowest BCUT2D eigenvalue weighted by atomic mass is 10.0.